The monoisotopic (exact) mass is 394 g/mol. The molecular weight excluding hydrogens is 367 g/mol. The number of aromatic nitrogens is 2. The molecule has 1 N–H and O–H groups in total. The van der Waals surface area contributed by atoms with Gasteiger partial charge in [-0.2, -0.15) is 0 Å². The molecule has 0 spiro atoms. The van der Waals surface area contributed by atoms with Crippen molar-refractivity contribution in [2.75, 3.05) is 24.2 Å². The van der Waals surface area contributed by atoms with E-state index in [4.69, 9.17) is 4.98 Å². The van der Waals surface area contributed by atoms with Crippen LogP contribution >= 0.6 is 0 Å². The van der Waals surface area contributed by atoms with Crippen LogP contribution in [0.5, 0.6) is 0 Å². The van der Waals surface area contributed by atoms with Crippen LogP contribution < -0.4 is 5.32 Å². The van der Waals surface area contributed by atoms with Crippen LogP contribution in [-0.2, 0) is 10.0 Å². The summed E-state index contributed by atoms with van der Waals surface area (Å²) in [7, 11) is -3.14. The second kappa shape index (κ2) is 7.39. The van der Waals surface area contributed by atoms with Crippen LogP contribution in [0, 0.1) is 5.82 Å². The Kier molecular flexibility index (Phi) is 5.11. The molecule has 3 heterocycles. The maximum absolute atomic E-state index is 13.9. The number of sulfonamides is 1. The van der Waals surface area contributed by atoms with E-state index in [-0.39, 0.29) is 17.5 Å². The van der Waals surface area contributed by atoms with Crippen LogP contribution in [0.1, 0.15) is 57.1 Å². The van der Waals surface area contributed by atoms with E-state index in [1.807, 2.05) is 4.40 Å². The third-order valence-electron chi connectivity index (χ3n) is 5.90. The van der Waals surface area contributed by atoms with Gasteiger partial charge < -0.3 is 5.32 Å². The SMILES string of the molecule is CCS(=O)(=O)N1CCC(c2nc3ccc(F)cn3c2NC2CCCC2)CC1. The highest BCUT2D eigenvalue weighted by Gasteiger charge is 2.31. The Morgan fingerprint density at radius 2 is 1.89 bits per heavy atom. The summed E-state index contributed by atoms with van der Waals surface area (Å²) in [5.41, 5.74) is 1.68. The van der Waals surface area contributed by atoms with Gasteiger partial charge in [-0.15, -0.1) is 0 Å². The zero-order valence-electron chi connectivity index (χ0n) is 15.7. The second-order valence-electron chi connectivity index (χ2n) is 7.62. The molecule has 1 saturated carbocycles. The summed E-state index contributed by atoms with van der Waals surface area (Å²) in [5, 5.41) is 3.61. The zero-order chi connectivity index (χ0) is 19.0. The molecule has 2 fully saturated rings. The molecular formula is C19H27FN4O2S. The first-order chi connectivity index (χ1) is 13.0. The minimum Gasteiger partial charge on any atom is -0.367 e. The van der Waals surface area contributed by atoms with E-state index >= 15 is 0 Å². The van der Waals surface area contributed by atoms with Crippen molar-refractivity contribution in [3.8, 4) is 0 Å². The second-order valence-corrected chi connectivity index (χ2v) is 9.88. The highest BCUT2D eigenvalue weighted by Crippen LogP contribution is 2.35. The van der Waals surface area contributed by atoms with Crippen molar-refractivity contribution in [3.63, 3.8) is 0 Å². The van der Waals surface area contributed by atoms with Gasteiger partial charge in [-0.3, -0.25) is 4.40 Å². The Morgan fingerprint density at radius 1 is 1.19 bits per heavy atom. The van der Waals surface area contributed by atoms with Crippen LogP contribution in [-0.4, -0.2) is 47.0 Å². The predicted molar refractivity (Wildman–Crippen MR) is 104 cm³/mol. The van der Waals surface area contributed by atoms with Crippen molar-refractivity contribution < 1.29 is 12.8 Å². The molecule has 0 unspecified atom stereocenters. The number of fused-ring (bicyclic) bond motifs is 1. The molecule has 27 heavy (non-hydrogen) atoms. The molecule has 148 valence electrons. The van der Waals surface area contributed by atoms with Gasteiger partial charge in [-0.1, -0.05) is 12.8 Å². The van der Waals surface area contributed by atoms with Crippen molar-refractivity contribution in [2.45, 2.75) is 57.4 Å². The summed E-state index contributed by atoms with van der Waals surface area (Å²) >= 11 is 0. The number of anilines is 1. The fraction of sp³-hybridized carbons (Fsp3) is 0.632. The Morgan fingerprint density at radius 3 is 2.56 bits per heavy atom. The standard InChI is InChI=1S/C19H27FN4O2S/c1-2-27(25,26)23-11-9-14(10-12-23)18-19(21-16-5-3-4-6-16)24-13-15(20)7-8-17(24)22-18/h7-8,13-14,16,21H,2-6,9-12H2,1H3. The number of piperidine rings is 1. The molecule has 1 saturated heterocycles. The van der Waals surface area contributed by atoms with E-state index in [0.717, 1.165) is 42.8 Å². The maximum atomic E-state index is 13.9. The highest BCUT2D eigenvalue weighted by atomic mass is 32.2. The quantitative estimate of drug-likeness (QED) is 0.844. The van der Waals surface area contributed by atoms with Crippen LogP contribution in [0.25, 0.3) is 5.65 Å². The molecule has 0 amide bonds. The first-order valence-corrected chi connectivity index (χ1v) is 11.5. The molecule has 1 aliphatic heterocycles. The third-order valence-corrected chi connectivity index (χ3v) is 7.79. The number of hydrogen-bond acceptors (Lipinski definition) is 4. The summed E-state index contributed by atoms with van der Waals surface area (Å²) in [6, 6.07) is 3.53. The van der Waals surface area contributed by atoms with Crippen molar-refractivity contribution in [3.05, 3.63) is 29.8 Å². The largest absolute Gasteiger partial charge is 0.367 e. The van der Waals surface area contributed by atoms with Crippen LogP contribution in [0.15, 0.2) is 18.3 Å². The van der Waals surface area contributed by atoms with Gasteiger partial charge in [0, 0.05) is 31.2 Å². The molecule has 0 atom stereocenters. The number of rotatable bonds is 5. The van der Waals surface area contributed by atoms with Crippen LogP contribution in [0.3, 0.4) is 0 Å². The molecule has 6 nitrogen and oxygen atoms in total. The molecule has 1 aliphatic carbocycles. The first kappa shape index (κ1) is 18.7. The molecule has 2 aromatic rings. The van der Waals surface area contributed by atoms with Gasteiger partial charge in [0.1, 0.15) is 17.3 Å². The third kappa shape index (κ3) is 3.69. The average molecular weight is 395 g/mol. The minimum absolute atomic E-state index is 0.139. The van der Waals surface area contributed by atoms with E-state index in [1.165, 1.54) is 25.1 Å². The van der Waals surface area contributed by atoms with Gasteiger partial charge in [-0.05, 0) is 44.7 Å². The fourth-order valence-electron chi connectivity index (χ4n) is 4.32. The van der Waals surface area contributed by atoms with E-state index in [2.05, 4.69) is 5.32 Å². The minimum atomic E-state index is -3.14. The summed E-state index contributed by atoms with van der Waals surface area (Å²) in [5.74, 6) is 0.915. The van der Waals surface area contributed by atoms with E-state index in [1.54, 1.807) is 17.3 Å². The van der Waals surface area contributed by atoms with Crippen LogP contribution in [0.2, 0.25) is 0 Å². The normalized spacial score (nSPS) is 20.5. The van der Waals surface area contributed by atoms with E-state index < -0.39 is 10.0 Å². The molecule has 0 aromatic carbocycles. The summed E-state index contributed by atoms with van der Waals surface area (Å²) in [6.45, 7) is 2.72. The van der Waals surface area contributed by atoms with Gasteiger partial charge in [0.25, 0.3) is 0 Å². The van der Waals surface area contributed by atoms with E-state index in [0.29, 0.717) is 19.1 Å². The summed E-state index contributed by atoms with van der Waals surface area (Å²) < 4.78 is 41.5. The fourth-order valence-corrected chi connectivity index (χ4v) is 5.45. The van der Waals surface area contributed by atoms with Crippen molar-refractivity contribution in [1.29, 1.82) is 0 Å². The lowest BCUT2D eigenvalue weighted by Crippen LogP contribution is -2.38. The van der Waals surface area contributed by atoms with Crippen molar-refractivity contribution >= 4 is 21.5 Å². The van der Waals surface area contributed by atoms with Crippen LogP contribution in [0.4, 0.5) is 10.2 Å². The number of halogens is 1. The smallest absolute Gasteiger partial charge is 0.213 e. The molecule has 2 aromatic heterocycles. The molecule has 2 aliphatic rings. The summed E-state index contributed by atoms with van der Waals surface area (Å²) in [4.78, 5) is 4.79. The van der Waals surface area contributed by atoms with Crippen molar-refractivity contribution in [1.82, 2.24) is 13.7 Å². The Bertz CT molecular complexity index is 913. The van der Waals surface area contributed by atoms with Gasteiger partial charge in [0.15, 0.2) is 0 Å². The highest BCUT2D eigenvalue weighted by molar-refractivity contribution is 7.89. The Labute approximate surface area is 159 Å². The lowest BCUT2D eigenvalue weighted by molar-refractivity contribution is 0.318. The molecule has 8 heteroatoms. The number of pyridine rings is 1. The molecule has 0 radical (unpaired) electrons. The number of nitrogens with one attached hydrogen (secondary N) is 1. The van der Waals surface area contributed by atoms with Gasteiger partial charge in [-0.25, -0.2) is 22.1 Å². The number of imidazole rings is 1. The van der Waals surface area contributed by atoms with Gasteiger partial charge >= 0.3 is 0 Å². The van der Waals surface area contributed by atoms with E-state index in [9.17, 15) is 12.8 Å². The van der Waals surface area contributed by atoms with Gasteiger partial charge in [0.2, 0.25) is 10.0 Å². The Hall–Kier alpha value is -1.67. The lowest BCUT2D eigenvalue weighted by atomic mass is 9.94. The lowest BCUT2D eigenvalue weighted by Gasteiger charge is -2.30. The molecule has 4 rings (SSSR count). The number of hydrogen-bond donors (Lipinski definition) is 1. The predicted octanol–water partition coefficient (Wildman–Crippen LogP) is 3.36. The Balaban J connectivity index is 1.63. The zero-order valence-corrected chi connectivity index (χ0v) is 16.5. The summed E-state index contributed by atoms with van der Waals surface area (Å²) in [6.07, 6.45) is 7.64. The maximum Gasteiger partial charge on any atom is 0.213 e. The topological polar surface area (TPSA) is 66.7 Å². The van der Waals surface area contributed by atoms with Gasteiger partial charge in [0.05, 0.1) is 11.4 Å². The first-order valence-electron chi connectivity index (χ1n) is 9.90. The molecule has 0 bridgehead atoms. The van der Waals surface area contributed by atoms with Crippen molar-refractivity contribution in [2.24, 2.45) is 0 Å². The number of nitrogens with zero attached hydrogens (tertiary/aromatic N) is 3. The average Bonchev–Trinajstić information content (AvgIpc) is 3.30.